The smallest absolute Gasteiger partial charge is 0.272 e. The lowest BCUT2D eigenvalue weighted by Crippen LogP contribution is -2.46. The standard InChI is InChI=1S/C11H16N4O/c16-11(14-5-3-12-4-6-14)10-7-13-8-15(10)9-1-2-9/h7-9,12H,1-6H2. The maximum Gasteiger partial charge on any atom is 0.272 e. The molecule has 5 nitrogen and oxygen atoms in total. The molecule has 86 valence electrons. The number of piperazine rings is 1. The molecule has 0 spiro atoms. The summed E-state index contributed by atoms with van der Waals surface area (Å²) in [6.45, 7) is 3.38. The Kier molecular flexibility index (Phi) is 2.40. The van der Waals surface area contributed by atoms with Gasteiger partial charge in [-0.3, -0.25) is 4.79 Å². The van der Waals surface area contributed by atoms with Crippen LogP contribution in [-0.4, -0.2) is 46.5 Å². The van der Waals surface area contributed by atoms with Gasteiger partial charge in [-0.1, -0.05) is 0 Å². The average molecular weight is 220 g/mol. The van der Waals surface area contributed by atoms with Gasteiger partial charge in [-0.15, -0.1) is 0 Å². The van der Waals surface area contributed by atoms with Gasteiger partial charge in [0.1, 0.15) is 5.69 Å². The molecule has 3 rings (SSSR count). The van der Waals surface area contributed by atoms with E-state index in [4.69, 9.17) is 0 Å². The highest BCUT2D eigenvalue weighted by Crippen LogP contribution is 2.35. The predicted molar refractivity (Wildman–Crippen MR) is 59.3 cm³/mol. The highest BCUT2D eigenvalue weighted by molar-refractivity contribution is 5.92. The Labute approximate surface area is 94.4 Å². The Bertz CT molecular complexity index is 390. The molecule has 1 aromatic rings. The molecule has 2 fully saturated rings. The molecular weight excluding hydrogens is 204 g/mol. The summed E-state index contributed by atoms with van der Waals surface area (Å²) in [7, 11) is 0. The number of imidazole rings is 1. The van der Waals surface area contributed by atoms with E-state index in [1.54, 1.807) is 12.5 Å². The Balaban J connectivity index is 1.79. The van der Waals surface area contributed by atoms with Crippen LogP contribution in [0.25, 0.3) is 0 Å². The van der Waals surface area contributed by atoms with Gasteiger partial charge < -0.3 is 14.8 Å². The van der Waals surface area contributed by atoms with Crippen molar-refractivity contribution in [3.63, 3.8) is 0 Å². The van der Waals surface area contributed by atoms with Crippen molar-refractivity contribution in [2.45, 2.75) is 18.9 Å². The van der Waals surface area contributed by atoms with Crippen LogP contribution in [0, 0.1) is 0 Å². The summed E-state index contributed by atoms with van der Waals surface area (Å²) in [5, 5.41) is 3.25. The van der Waals surface area contributed by atoms with Gasteiger partial charge in [-0.05, 0) is 12.8 Å². The number of carbonyl (C=O) groups excluding carboxylic acids is 1. The second kappa shape index (κ2) is 3.90. The maximum absolute atomic E-state index is 12.3. The number of nitrogens with zero attached hydrogens (tertiary/aromatic N) is 3. The highest BCUT2D eigenvalue weighted by atomic mass is 16.2. The third-order valence-electron chi connectivity index (χ3n) is 3.23. The summed E-state index contributed by atoms with van der Waals surface area (Å²) in [6, 6.07) is 0.518. The Morgan fingerprint density at radius 2 is 2.12 bits per heavy atom. The molecule has 2 aliphatic rings. The summed E-state index contributed by atoms with van der Waals surface area (Å²) in [4.78, 5) is 18.3. The monoisotopic (exact) mass is 220 g/mol. The molecule has 1 aromatic heterocycles. The number of nitrogens with one attached hydrogen (secondary N) is 1. The number of rotatable bonds is 2. The van der Waals surface area contributed by atoms with Crippen molar-refractivity contribution in [3.8, 4) is 0 Å². The lowest BCUT2D eigenvalue weighted by Gasteiger charge is -2.27. The molecule has 1 aliphatic carbocycles. The molecule has 1 aliphatic heterocycles. The molecule has 0 bridgehead atoms. The fourth-order valence-electron chi connectivity index (χ4n) is 2.14. The maximum atomic E-state index is 12.3. The van der Waals surface area contributed by atoms with Gasteiger partial charge in [0.05, 0.1) is 12.5 Å². The summed E-state index contributed by atoms with van der Waals surface area (Å²) in [6.07, 6.45) is 5.84. The van der Waals surface area contributed by atoms with Crippen LogP contribution in [0.1, 0.15) is 29.4 Å². The van der Waals surface area contributed by atoms with Crippen molar-refractivity contribution in [1.82, 2.24) is 19.8 Å². The van der Waals surface area contributed by atoms with Crippen molar-refractivity contribution in [2.24, 2.45) is 0 Å². The fourth-order valence-corrected chi connectivity index (χ4v) is 2.14. The van der Waals surface area contributed by atoms with Crippen LogP contribution in [0.2, 0.25) is 0 Å². The van der Waals surface area contributed by atoms with Gasteiger partial charge in [0, 0.05) is 32.2 Å². The highest BCUT2D eigenvalue weighted by Gasteiger charge is 2.29. The first-order chi connectivity index (χ1) is 7.86. The van der Waals surface area contributed by atoms with E-state index in [0.717, 1.165) is 31.9 Å². The second-order valence-corrected chi connectivity index (χ2v) is 4.46. The van der Waals surface area contributed by atoms with Crippen LogP contribution in [0.15, 0.2) is 12.5 Å². The normalized spacial score (nSPS) is 21.1. The zero-order valence-corrected chi connectivity index (χ0v) is 9.22. The summed E-state index contributed by atoms with van der Waals surface area (Å²) < 4.78 is 2.03. The second-order valence-electron chi connectivity index (χ2n) is 4.46. The first-order valence-electron chi connectivity index (χ1n) is 5.88. The van der Waals surface area contributed by atoms with Crippen LogP contribution >= 0.6 is 0 Å². The van der Waals surface area contributed by atoms with E-state index >= 15 is 0 Å². The van der Waals surface area contributed by atoms with Gasteiger partial charge in [-0.2, -0.15) is 0 Å². The minimum absolute atomic E-state index is 0.130. The number of hydrogen-bond acceptors (Lipinski definition) is 3. The molecule has 0 aromatic carbocycles. The van der Waals surface area contributed by atoms with Crippen LogP contribution in [0.3, 0.4) is 0 Å². The van der Waals surface area contributed by atoms with Crippen molar-refractivity contribution < 1.29 is 4.79 Å². The largest absolute Gasteiger partial charge is 0.335 e. The first-order valence-corrected chi connectivity index (χ1v) is 5.88. The lowest BCUT2D eigenvalue weighted by molar-refractivity contribution is 0.0724. The molecule has 1 amide bonds. The molecule has 0 radical (unpaired) electrons. The fraction of sp³-hybridized carbons (Fsp3) is 0.636. The SMILES string of the molecule is O=C(c1cncn1C1CC1)N1CCNCC1. The lowest BCUT2D eigenvalue weighted by atomic mass is 10.3. The predicted octanol–water partition coefficient (Wildman–Crippen LogP) is 0.263. The Morgan fingerprint density at radius 3 is 2.81 bits per heavy atom. The molecule has 1 saturated heterocycles. The van der Waals surface area contributed by atoms with Crippen molar-refractivity contribution in [3.05, 3.63) is 18.2 Å². The zero-order chi connectivity index (χ0) is 11.0. The number of amides is 1. The van der Waals surface area contributed by atoms with Gasteiger partial charge in [0.2, 0.25) is 0 Å². The summed E-state index contributed by atoms with van der Waals surface area (Å²) in [5.74, 6) is 0.130. The van der Waals surface area contributed by atoms with Crippen LogP contribution in [0.5, 0.6) is 0 Å². The van der Waals surface area contributed by atoms with E-state index in [-0.39, 0.29) is 5.91 Å². The van der Waals surface area contributed by atoms with Crippen LogP contribution in [0.4, 0.5) is 0 Å². The van der Waals surface area contributed by atoms with E-state index in [1.165, 1.54) is 12.8 Å². The minimum Gasteiger partial charge on any atom is -0.335 e. The molecule has 2 heterocycles. The van der Waals surface area contributed by atoms with E-state index in [9.17, 15) is 4.79 Å². The van der Waals surface area contributed by atoms with Gasteiger partial charge in [0.15, 0.2) is 0 Å². The molecule has 0 unspecified atom stereocenters. The topological polar surface area (TPSA) is 50.2 Å². The van der Waals surface area contributed by atoms with E-state index in [2.05, 4.69) is 10.3 Å². The van der Waals surface area contributed by atoms with Gasteiger partial charge in [-0.25, -0.2) is 4.98 Å². The van der Waals surface area contributed by atoms with Crippen molar-refractivity contribution in [1.29, 1.82) is 0 Å². The van der Waals surface area contributed by atoms with E-state index < -0.39 is 0 Å². The summed E-state index contributed by atoms with van der Waals surface area (Å²) >= 11 is 0. The number of hydrogen-bond donors (Lipinski definition) is 1. The zero-order valence-electron chi connectivity index (χ0n) is 9.22. The molecule has 5 heteroatoms. The van der Waals surface area contributed by atoms with Crippen molar-refractivity contribution in [2.75, 3.05) is 26.2 Å². The third kappa shape index (κ3) is 1.71. The molecular formula is C11H16N4O. The summed E-state index contributed by atoms with van der Waals surface area (Å²) in [5.41, 5.74) is 0.754. The average Bonchev–Trinajstić information content (AvgIpc) is 3.07. The first kappa shape index (κ1) is 9.84. The number of aromatic nitrogens is 2. The van der Waals surface area contributed by atoms with Crippen LogP contribution < -0.4 is 5.32 Å². The van der Waals surface area contributed by atoms with E-state index in [0.29, 0.717) is 6.04 Å². The molecule has 16 heavy (non-hydrogen) atoms. The Hall–Kier alpha value is -1.36. The molecule has 1 N–H and O–H groups in total. The third-order valence-corrected chi connectivity index (χ3v) is 3.23. The van der Waals surface area contributed by atoms with Gasteiger partial charge in [0.25, 0.3) is 5.91 Å². The van der Waals surface area contributed by atoms with Crippen LogP contribution in [-0.2, 0) is 0 Å². The van der Waals surface area contributed by atoms with E-state index in [1.807, 2.05) is 9.47 Å². The minimum atomic E-state index is 0.130. The Morgan fingerprint density at radius 1 is 1.38 bits per heavy atom. The van der Waals surface area contributed by atoms with Crippen molar-refractivity contribution >= 4 is 5.91 Å². The molecule has 1 saturated carbocycles. The molecule has 0 atom stereocenters. The number of carbonyl (C=O) groups is 1. The quantitative estimate of drug-likeness (QED) is 0.778. The van der Waals surface area contributed by atoms with Gasteiger partial charge >= 0.3 is 0 Å².